The summed E-state index contributed by atoms with van der Waals surface area (Å²) >= 11 is 1.59. The topological polar surface area (TPSA) is 62.8 Å². The second kappa shape index (κ2) is 5.23. The summed E-state index contributed by atoms with van der Waals surface area (Å²) in [7, 11) is 0. The van der Waals surface area contributed by atoms with Gasteiger partial charge >= 0.3 is 0 Å². The first kappa shape index (κ1) is 12.6. The van der Waals surface area contributed by atoms with Gasteiger partial charge in [-0.25, -0.2) is 0 Å². The van der Waals surface area contributed by atoms with Gasteiger partial charge in [-0.05, 0) is 31.5 Å². The lowest BCUT2D eigenvalue weighted by Crippen LogP contribution is -2.12. The van der Waals surface area contributed by atoms with Gasteiger partial charge in [0.2, 0.25) is 0 Å². The van der Waals surface area contributed by atoms with E-state index in [2.05, 4.69) is 37.0 Å². The van der Waals surface area contributed by atoms with Gasteiger partial charge in [-0.3, -0.25) is 10.4 Å². The number of amidine groups is 1. The van der Waals surface area contributed by atoms with Gasteiger partial charge in [0.15, 0.2) is 0 Å². The molecule has 1 heterocycles. The van der Waals surface area contributed by atoms with E-state index in [1.165, 1.54) is 11.1 Å². The van der Waals surface area contributed by atoms with Crippen LogP contribution in [0.15, 0.2) is 46.5 Å². The number of aryl methyl sites for hydroxylation is 2. The zero-order chi connectivity index (χ0) is 13.1. The Morgan fingerprint density at radius 1 is 1.22 bits per heavy atom. The maximum Gasteiger partial charge on any atom is 0.124 e. The first-order valence-electron chi connectivity index (χ1n) is 5.61. The Kier molecular flexibility index (Phi) is 3.67. The number of rotatable bonds is 3. The summed E-state index contributed by atoms with van der Waals surface area (Å²) in [5.41, 5.74) is 8.77. The minimum atomic E-state index is 0.0738. The molecule has 0 bridgehead atoms. The molecule has 0 saturated heterocycles. The minimum absolute atomic E-state index is 0.0738. The normalized spacial score (nSPS) is 10.3. The maximum absolute atomic E-state index is 7.57. The van der Waals surface area contributed by atoms with Crippen LogP contribution in [0.3, 0.4) is 0 Å². The van der Waals surface area contributed by atoms with Crippen molar-refractivity contribution in [2.45, 2.75) is 23.6 Å². The van der Waals surface area contributed by atoms with Crippen molar-refractivity contribution in [1.29, 1.82) is 5.41 Å². The second-order valence-electron chi connectivity index (χ2n) is 4.16. The summed E-state index contributed by atoms with van der Waals surface area (Å²) in [6.07, 6.45) is 3.41. The van der Waals surface area contributed by atoms with Crippen LogP contribution < -0.4 is 5.73 Å². The molecule has 0 radical (unpaired) electrons. The molecule has 0 amide bonds. The van der Waals surface area contributed by atoms with E-state index in [1.807, 2.05) is 0 Å². The van der Waals surface area contributed by atoms with Gasteiger partial charge < -0.3 is 5.73 Å². The molecule has 1 aromatic carbocycles. The minimum Gasteiger partial charge on any atom is -0.384 e. The molecule has 2 aromatic rings. The summed E-state index contributed by atoms with van der Waals surface area (Å²) in [5.74, 6) is 0.0738. The lowest BCUT2D eigenvalue weighted by molar-refractivity contribution is 1.20. The van der Waals surface area contributed by atoms with Crippen molar-refractivity contribution in [3.05, 3.63) is 53.3 Å². The van der Waals surface area contributed by atoms with Crippen LogP contribution >= 0.6 is 11.8 Å². The highest BCUT2D eigenvalue weighted by molar-refractivity contribution is 7.99. The van der Waals surface area contributed by atoms with Crippen molar-refractivity contribution in [2.75, 3.05) is 0 Å². The first-order chi connectivity index (χ1) is 8.58. The Labute approximate surface area is 111 Å². The van der Waals surface area contributed by atoms with Crippen molar-refractivity contribution >= 4 is 17.6 Å². The molecule has 3 nitrogen and oxygen atoms in total. The number of nitrogens with one attached hydrogen (secondary N) is 1. The SMILES string of the molecule is Cc1ccc(Sc2cnccc2C(=N)N)c(C)c1. The van der Waals surface area contributed by atoms with E-state index < -0.39 is 0 Å². The maximum atomic E-state index is 7.57. The fraction of sp³-hybridized carbons (Fsp3) is 0.143. The van der Waals surface area contributed by atoms with E-state index in [0.717, 1.165) is 15.4 Å². The number of benzene rings is 1. The van der Waals surface area contributed by atoms with Crippen LogP contribution in [-0.2, 0) is 0 Å². The molecule has 0 aliphatic heterocycles. The summed E-state index contributed by atoms with van der Waals surface area (Å²) in [6, 6.07) is 8.09. The molecular weight excluding hydrogens is 242 g/mol. The van der Waals surface area contributed by atoms with E-state index in [-0.39, 0.29) is 5.84 Å². The first-order valence-corrected chi connectivity index (χ1v) is 6.43. The molecule has 0 saturated carbocycles. The van der Waals surface area contributed by atoms with Crippen LogP contribution in [0.5, 0.6) is 0 Å². The van der Waals surface area contributed by atoms with E-state index in [4.69, 9.17) is 11.1 Å². The fourth-order valence-electron chi connectivity index (χ4n) is 1.72. The van der Waals surface area contributed by atoms with Crippen molar-refractivity contribution in [1.82, 2.24) is 4.98 Å². The number of nitrogen functional groups attached to an aromatic ring is 1. The Hall–Kier alpha value is -1.81. The predicted octanol–water partition coefficient (Wildman–Crippen LogP) is 3.13. The monoisotopic (exact) mass is 257 g/mol. The number of hydrogen-bond acceptors (Lipinski definition) is 3. The summed E-state index contributed by atoms with van der Waals surface area (Å²) < 4.78 is 0. The molecule has 0 aliphatic carbocycles. The molecule has 0 spiro atoms. The molecule has 18 heavy (non-hydrogen) atoms. The Morgan fingerprint density at radius 2 is 2.00 bits per heavy atom. The average molecular weight is 257 g/mol. The third-order valence-electron chi connectivity index (χ3n) is 2.63. The van der Waals surface area contributed by atoms with Crippen molar-refractivity contribution in [3.8, 4) is 0 Å². The molecule has 0 fully saturated rings. The highest BCUT2D eigenvalue weighted by Crippen LogP contribution is 2.32. The highest BCUT2D eigenvalue weighted by atomic mass is 32.2. The molecule has 0 unspecified atom stereocenters. The zero-order valence-corrected chi connectivity index (χ0v) is 11.2. The van der Waals surface area contributed by atoms with Gasteiger partial charge in [-0.1, -0.05) is 29.5 Å². The van der Waals surface area contributed by atoms with Gasteiger partial charge in [0.25, 0.3) is 0 Å². The average Bonchev–Trinajstić information content (AvgIpc) is 2.33. The van der Waals surface area contributed by atoms with Crippen LogP contribution in [-0.4, -0.2) is 10.8 Å². The number of pyridine rings is 1. The van der Waals surface area contributed by atoms with E-state index in [1.54, 1.807) is 30.2 Å². The molecule has 1 aromatic heterocycles. The lowest BCUT2D eigenvalue weighted by Gasteiger charge is -2.09. The smallest absolute Gasteiger partial charge is 0.124 e. The van der Waals surface area contributed by atoms with Gasteiger partial charge in [-0.15, -0.1) is 0 Å². The Morgan fingerprint density at radius 3 is 2.67 bits per heavy atom. The van der Waals surface area contributed by atoms with E-state index in [0.29, 0.717) is 0 Å². The molecule has 4 heteroatoms. The molecule has 2 rings (SSSR count). The van der Waals surface area contributed by atoms with Crippen molar-refractivity contribution < 1.29 is 0 Å². The number of nitrogens with two attached hydrogens (primary N) is 1. The predicted molar refractivity (Wildman–Crippen MR) is 75.3 cm³/mol. The van der Waals surface area contributed by atoms with Gasteiger partial charge in [0.05, 0.1) is 0 Å². The van der Waals surface area contributed by atoms with Crippen molar-refractivity contribution in [2.24, 2.45) is 5.73 Å². The molecule has 92 valence electrons. The fourth-order valence-corrected chi connectivity index (χ4v) is 2.71. The molecule has 3 N–H and O–H groups in total. The third kappa shape index (κ3) is 2.71. The van der Waals surface area contributed by atoms with Crippen LogP contribution in [0.25, 0.3) is 0 Å². The largest absolute Gasteiger partial charge is 0.384 e. The Bertz CT molecular complexity index is 593. The second-order valence-corrected chi connectivity index (χ2v) is 5.24. The standard InChI is InChI=1S/C14H15N3S/c1-9-3-4-12(10(2)7-9)18-13-8-17-6-5-11(13)14(15)16/h3-8H,1-2H3,(H3,15,16). The van der Waals surface area contributed by atoms with E-state index in [9.17, 15) is 0 Å². The Balaban J connectivity index is 2.37. The number of nitrogens with zero attached hydrogens (tertiary/aromatic N) is 1. The van der Waals surface area contributed by atoms with Crippen LogP contribution in [0.2, 0.25) is 0 Å². The zero-order valence-electron chi connectivity index (χ0n) is 10.4. The molecule has 0 aliphatic rings. The summed E-state index contributed by atoms with van der Waals surface area (Å²) in [6.45, 7) is 4.16. The van der Waals surface area contributed by atoms with Crippen molar-refractivity contribution in [3.63, 3.8) is 0 Å². The third-order valence-corrected chi connectivity index (χ3v) is 3.85. The number of aromatic nitrogens is 1. The summed E-state index contributed by atoms with van der Waals surface area (Å²) in [5, 5.41) is 7.57. The van der Waals surface area contributed by atoms with Crippen LogP contribution in [0.4, 0.5) is 0 Å². The molecule has 0 atom stereocenters. The summed E-state index contributed by atoms with van der Waals surface area (Å²) in [4.78, 5) is 6.17. The quantitative estimate of drug-likeness (QED) is 0.656. The van der Waals surface area contributed by atoms with E-state index >= 15 is 0 Å². The van der Waals surface area contributed by atoms with Gasteiger partial charge in [0, 0.05) is 27.7 Å². The van der Waals surface area contributed by atoms with Crippen LogP contribution in [0.1, 0.15) is 16.7 Å². The number of hydrogen-bond donors (Lipinski definition) is 2. The van der Waals surface area contributed by atoms with Crippen LogP contribution in [0, 0.1) is 19.3 Å². The lowest BCUT2D eigenvalue weighted by atomic mass is 10.2. The molecular formula is C14H15N3S. The highest BCUT2D eigenvalue weighted by Gasteiger charge is 2.08. The van der Waals surface area contributed by atoms with Gasteiger partial charge in [-0.2, -0.15) is 0 Å². The van der Waals surface area contributed by atoms with Gasteiger partial charge in [0.1, 0.15) is 5.84 Å².